The second kappa shape index (κ2) is 5.37. The van der Waals surface area contributed by atoms with E-state index in [1.165, 1.54) is 0 Å². The minimum atomic E-state index is 0.0838. The third kappa shape index (κ3) is 2.19. The maximum absolute atomic E-state index is 12.1. The highest BCUT2D eigenvalue weighted by Crippen LogP contribution is 2.33. The third-order valence-electron chi connectivity index (χ3n) is 3.14. The zero-order valence-electron chi connectivity index (χ0n) is 10.8. The van der Waals surface area contributed by atoms with E-state index in [4.69, 9.17) is 10.5 Å². The van der Waals surface area contributed by atoms with Gasteiger partial charge in [-0.3, -0.25) is 4.79 Å². The average molecular weight is 249 g/mol. The van der Waals surface area contributed by atoms with E-state index in [1.807, 2.05) is 36.2 Å². The van der Waals surface area contributed by atoms with Crippen LogP contribution >= 0.6 is 0 Å². The number of hydrazine groups is 1. The third-order valence-corrected chi connectivity index (χ3v) is 3.14. The number of carbonyl (C=O) groups is 1. The predicted octanol–water partition coefficient (Wildman–Crippen LogP) is 0.996. The number of amides is 1. The van der Waals surface area contributed by atoms with Crippen LogP contribution in [-0.4, -0.2) is 37.2 Å². The molecule has 1 amide bonds. The maximum atomic E-state index is 12.1. The Kier molecular flexibility index (Phi) is 3.84. The highest BCUT2D eigenvalue weighted by molar-refractivity contribution is 5.96. The number of hydrogen-bond acceptors (Lipinski definition) is 4. The molecule has 5 nitrogen and oxygen atoms in total. The first-order valence-corrected chi connectivity index (χ1v) is 6.11. The Bertz CT molecular complexity index is 436. The van der Waals surface area contributed by atoms with Crippen molar-refractivity contribution in [3.63, 3.8) is 0 Å². The number of rotatable bonds is 4. The molecule has 0 aliphatic carbocycles. The molecular weight excluding hydrogens is 230 g/mol. The fourth-order valence-corrected chi connectivity index (χ4v) is 2.32. The summed E-state index contributed by atoms with van der Waals surface area (Å²) in [6.45, 7) is 3.21. The fourth-order valence-electron chi connectivity index (χ4n) is 2.32. The molecule has 1 aliphatic rings. The number of hydrogen-bond donors (Lipinski definition) is 1. The lowest BCUT2D eigenvalue weighted by atomic mass is 10.2. The number of ether oxygens (including phenoxy) is 1. The van der Waals surface area contributed by atoms with Crippen LogP contribution in [0.4, 0.5) is 5.69 Å². The molecule has 98 valence electrons. The molecule has 1 unspecified atom stereocenters. The van der Waals surface area contributed by atoms with Gasteiger partial charge in [-0.05, 0) is 19.1 Å². The lowest BCUT2D eigenvalue weighted by Crippen LogP contribution is -2.44. The van der Waals surface area contributed by atoms with Crippen molar-refractivity contribution in [3.05, 3.63) is 24.3 Å². The van der Waals surface area contributed by atoms with Crippen molar-refractivity contribution >= 4 is 11.6 Å². The van der Waals surface area contributed by atoms with Gasteiger partial charge in [-0.15, -0.1) is 0 Å². The molecule has 0 bridgehead atoms. The van der Waals surface area contributed by atoms with E-state index < -0.39 is 0 Å². The van der Waals surface area contributed by atoms with Crippen LogP contribution in [0.15, 0.2) is 24.3 Å². The van der Waals surface area contributed by atoms with Crippen molar-refractivity contribution in [1.29, 1.82) is 0 Å². The predicted molar refractivity (Wildman–Crippen MR) is 70.3 cm³/mol. The van der Waals surface area contributed by atoms with Gasteiger partial charge >= 0.3 is 0 Å². The van der Waals surface area contributed by atoms with E-state index in [-0.39, 0.29) is 11.9 Å². The Balaban J connectivity index is 2.37. The van der Waals surface area contributed by atoms with Gasteiger partial charge in [-0.2, -0.15) is 0 Å². The largest absolute Gasteiger partial charge is 0.495 e. The van der Waals surface area contributed by atoms with Gasteiger partial charge in [-0.25, -0.2) is 10.0 Å². The normalized spacial score (nSPS) is 20.5. The van der Waals surface area contributed by atoms with Crippen LogP contribution in [0.3, 0.4) is 0 Å². The van der Waals surface area contributed by atoms with Crippen molar-refractivity contribution < 1.29 is 9.53 Å². The minimum Gasteiger partial charge on any atom is -0.495 e. The van der Waals surface area contributed by atoms with Gasteiger partial charge in [0.05, 0.1) is 7.11 Å². The van der Waals surface area contributed by atoms with Crippen molar-refractivity contribution in [2.24, 2.45) is 5.73 Å². The summed E-state index contributed by atoms with van der Waals surface area (Å²) in [5.74, 6) is 0.780. The van der Waals surface area contributed by atoms with Crippen LogP contribution in [0.25, 0.3) is 0 Å². The summed E-state index contributed by atoms with van der Waals surface area (Å²) < 4.78 is 5.32. The highest BCUT2D eigenvalue weighted by Gasteiger charge is 2.36. The van der Waals surface area contributed by atoms with Crippen molar-refractivity contribution in [2.75, 3.05) is 25.2 Å². The molecule has 1 aromatic rings. The summed E-state index contributed by atoms with van der Waals surface area (Å²) in [7, 11) is 1.61. The number of anilines is 1. The molecule has 0 aromatic heterocycles. The molecule has 0 radical (unpaired) electrons. The topological polar surface area (TPSA) is 58.8 Å². The molecule has 0 spiro atoms. The Hall–Kier alpha value is -1.59. The average Bonchev–Trinajstić information content (AvgIpc) is 2.65. The van der Waals surface area contributed by atoms with Crippen LogP contribution < -0.4 is 15.5 Å². The SMILES string of the molecule is COc1ccccc1N1C(=O)CC(C)N1CCN. The summed E-state index contributed by atoms with van der Waals surface area (Å²) in [5.41, 5.74) is 6.40. The summed E-state index contributed by atoms with van der Waals surface area (Å²) in [6.07, 6.45) is 0.512. The zero-order chi connectivity index (χ0) is 13.1. The van der Waals surface area contributed by atoms with Gasteiger partial charge in [0.2, 0.25) is 5.91 Å². The van der Waals surface area contributed by atoms with Crippen LogP contribution in [-0.2, 0) is 4.79 Å². The molecule has 0 saturated carbocycles. The molecule has 1 saturated heterocycles. The van der Waals surface area contributed by atoms with E-state index in [0.717, 1.165) is 5.69 Å². The van der Waals surface area contributed by atoms with Crippen molar-refractivity contribution in [1.82, 2.24) is 5.01 Å². The van der Waals surface area contributed by atoms with E-state index >= 15 is 0 Å². The second-order valence-corrected chi connectivity index (χ2v) is 4.38. The number of para-hydroxylation sites is 2. The van der Waals surface area contributed by atoms with Crippen LogP contribution in [0.1, 0.15) is 13.3 Å². The Labute approximate surface area is 107 Å². The molecule has 1 heterocycles. The number of benzene rings is 1. The molecule has 5 heteroatoms. The van der Waals surface area contributed by atoms with Gasteiger partial charge in [0.1, 0.15) is 11.4 Å². The maximum Gasteiger partial charge on any atom is 0.243 e. The Morgan fingerprint density at radius 3 is 2.83 bits per heavy atom. The molecule has 1 aliphatic heterocycles. The number of nitrogens with zero attached hydrogens (tertiary/aromatic N) is 2. The van der Waals surface area contributed by atoms with Gasteiger partial charge in [0, 0.05) is 25.6 Å². The number of carbonyl (C=O) groups excluding carboxylic acids is 1. The molecular formula is C13H19N3O2. The zero-order valence-corrected chi connectivity index (χ0v) is 10.8. The van der Waals surface area contributed by atoms with Crippen LogP contribution in [0.2, 0.25) is 0 Å². The first kappa shape index (κ1) is 12.9. The van der Waals surface area contributed by atoms with E-state index in [1.54, 1.807) is 12.1 Å². The lowest BCUT2D eigenvalue weighted by molar-refractivity contribution is -0.118. The smallest absolute Gasteiger partial charge is 0.243 e. The molecule has 1 aromatic carbocycles. The van der Waals surface area contributed by atoms with Crippen LogP contribution in [0, 0.1) is 0 Å². The van der Waals surface area contributed by atoms with Gasteiger partial charge in [0.25, 0.3) is 0 Å². The van der Waals surface area contributed by atoms with Crippen molar-refractivity contribution in [3.8, 4) is 5.75 Å². The second-order valence-electron chi connectivity index (χ2n) is 4.38. The van der Waals surface area contributed by atoms with E-state index in [0.29, 0.717) is 25.3 Å². The lowest BCUT2D eigenvalue weighted by Gasteiger charge is -2.31. The molecule has 18 heavy (non-hydrogen) atoms. The fraction of sp³-hybridized carbons (Fsp3) is 0.462. The summed E-state index contributed by atoms with van der Waals surface area (Å²) >= 11 is 0. The standard InChI is InChI=1S/C13H19N3O2/c1-10-9-13(17)16(15(10)8-7-14)11-5-3-4-6-12(11)18-2/h3-6,10H,7-9,14H2,1-2H3. The summed E-state index contributed by atoms with van der Waals surface area (Å²) in [6, 6.07) is 7.70. The van der Waals surface area contributed by atoms with Crippen molar-refractivity contribution in [2.45, 2.75) is 19.4 Å². The quantitative estimate of drug-likeness (QED) is 0.864. The first-order chi connectivity index (χ1) is 8.69. The number of nitrogens with two attached hydrogens (primary N) is 1. The van der Waals surface area contributed by atoms with E-state index in [9.17, 15) is 4.79 Å². The molecule has 1 fully saturated rings. The van der Waals surface area contributed by atoms with Crippen LogP contribution in [0.5, 0.6) is 5.75 Å². The van der Waals surface area contributed by atoms with Gasteiger partial charge in [-0.1, -0.05) is 12.1 Å². The Morgan fingerprint density at radius 1 is 1.44 bits per heavy atom. The van der Waals surface area contributed by atoms with E-state index in [2.05, 4.69) is 0 Å². The molecule has 2 N–H and O–H groups in total. The highest BCUT2D eigenvalue weighted by atomic mass is 16.5. The van der Waals surface area contributed by atoms with Gasteiger partial charge < -0.3 is 10.5 Å². The summed E-state index contributed by atoms with van der Waals surface area (Å²) in [5, 5.41) is 3.69. The molecule has 2 rings (SSSR count). The minimum absolute atomic E-state index is 0.0838. The summed E-state index contributed by atoms with van der Waals surface area (Å²) in [4.78, 5) is 12.1. The Morgan fingerprint density at radius 2 is 2.17 bits per heavy atom. The molecule has 1 atom stereocenters. The van der Waals surface area contributed by atoms with Gasteiger partial charge in [0.15, 0.2) is 0 Å². The first-order valence-electron chi connectivity index (χ1n) is 6.11. The number of methoxy groups -OCH3 is 1. The monoisotopic (exact) mass is 249 g/mol.